The van der Waals surface area contributed by atoms with Gasteiger partial charge in [0.05, 0.1) is 0 Å². The van der Waals surface area contributed by atoms with Crippen molar-refractivity contribution in [1.29, 1.82) is 0 Å². The van der Waals surface area contributed by atoms with Gasteiger partial charge in [0.15, 0.2) is 0 Å². The van der Waals surface area contributed by atoms with E-state index in [4.69, 9.17) is 0 Å². The molecule has 4 nitrogen and oxygen atoms in total. The molecule has 1 saturated heterocycles. The first kappa shape index (κ1) is 9.39. The summed E-state index contributed by atoms with van der Waals surface area (Å²) in [5.74, 6) is -0.218. The number of carbonyl (C=O) groups excluding carboxylic acids is 2. The number of hydrogen-bond donors (Lipinski definition) is 1. The predicted molar refractivity (Wildman–Crippen MR) is 57.7 cm³/mol. The van der Waals surface area contributed by atoms with Gasteiger partial charge in [0.2, 0.25) is 0 Å². The fraction of sp³-hybridized carbons (Fsp3) is 0.333. The predicted octanol–water partition coefficient (Wildman–Crippen LogP) is 1.01. The summed E-state index contributed by atoms with van der Waals surface area (Å²) in [6.07, 6.45) is 0.812. The smallest absolute Gasteiger partial charge is 0.306 e. The third-order valence-corrected chi connectivity index (χ3v) is 3.59. The molecule has 3 amide bonds. The van der Waals surface area contributed by atoms with Crippen molar-refractivity contribution in [3.63, 3.8) is 0 Å². The second-order valence-corrected chi connectivity index (χ2v) is 4.39. The van der Waals surface area contributed by atoms with E-state index in [0.29, 0.717) is 6.54 Å². The third-order valence-electron chi connectivity index (χ3n) is 3.59. The van der Waals surface area contributed by atoms with Crippen molar-refractivity contribution in [1.82, 2.24) is 10.2 Å². The van der Waals surface area contributed by atoms with Gasteiger partial charge in [0, 0.05) is 6.54 Å². The molecule has 0 saturated carbocycles. The number of hydrogen-bond acceptors (Lipinski definition) is 2. The number of amides is 3. The molecule has 2 heterocycles. The zero-order valence-corrected chi connectivity index (χ0v) is 8.99. The molecule has 0 radical (unpaired) electrons. The molecule has 0 spiro atoms. The van der Waals surface area contributed by atoms with E-state index >= 15 is 0 Å². The molecule has 1 atom stereocenters. The quantitative estimate of drug-likeness (QED) is 0.658. The summed E-state index contributed by atoms with van der Waals surface area (Å²) in [5.41, 5.74) is 1.29. The SMILES string of the molecule is C[C@@]12C(=O)NC(=O)N1CCc1ccccc12. The molecule has 0 aliphatic carbocycles. The number of nitrogens with zero attached hydrogens (tertiary/aromatic N) is 1. The van der Waals surface area contributed by atoms with Crippen molar-refractivity contribution in [2.24, 2.45) is 0 Å². The van der Waals surface area contributed by atoms with Crippen LogP contribution in [-0.4, -0.2) is 23.4 Å². The average Bonchev–Trinajstić information content (AvgIpc) is 2.51. The number of fused-ring (bicyclic) bond motifs is 3. The minimum atomic E-state index is -0.814. The Balaban J connectivity index is 2.23. The normalized spacial score (nSPS) is 27.4. The Morgan fingerprint density at radius 2 is 2.06 bits per heavy atom. The summed E-state index contributed by atoms with van der Waals surface area (Å²) in [6, 6.07) is 7.55. The lowest BCUT2D eigenvalue weighted by Crippen LogP contribution is -2.48. The molecule has 1 fully saturated rings. The molecule has 3 rings (SSSR count). The summed E-state index contributed by atoms with van der Waals surface area (Å²) < 4.78 is 0. The van der Waals surface area contributed by atoms with Crippen LogP contribution < -0.4 is 5.32 Å². The largest absolute Gasteiger partial charge is 0.325 e. The first-order valence-corrected chi connectivity index (χ1v) is 5.35. The van der Waals surface area contributed by atoms with Crippen LogP contribution in [0, 0.1) is 0 Å². The average molecular weight is 216 g/mol. The van der Waals surface area contributed by atoms with Crippen molar-refractivity contribution >= 4 is 11.9 Å². The molecule has 1 aromatic carbocycles. The molecule has 82 valence electrons. The fourth-order valence-electron chi connectivity index (χ4n) is 2.65. The van der Waals surface area contributed by atoms with Crippen LogP contribution in [0.25, 0.3) is 0 Å². The first-order valence-electron chi connectivity index (χ1n) is 5.35. The Hall–Kier alpha value is -1.84. The second-order valence-electron chi connectivity index (χ2n) is 4.39. The maximum Gasteiger partial charge on any atom is 0.325 e. The number of urea groups is 1. The van der Waals surface area contributed by atoms with Crippen molar-refractivity contribution < 1.29 is 9.59 Å². The van der Waals surface area contributed by atoms with E-state index in [-0.39, 0.29) is 11.9 Å². The molecule has 4 heteroatoms. The Labute approximate surface area is 93.2 Å². The Morgan fingerprint density at radius 3 is 2.88 bits per heavy atom. The van der Waals surface area contributed by atoms with E-state index in [9.17, 15) is 9.59 Å². The lowest BCUT2D eigenvalue weighted by atomic mass is 9.82. The molecular formula is C12H12N2O2. The highest BCUT2D eigenvalue weighted by molar-refractivity contribution is 6.07. The number of benzene rings is 1. The van der Waals surface area contributed by atoms with Gasteiger partial charge in [0.1, 0.15) is 5.54 Å². The lowest BCUT2D eigenvalue weighted by molar-refractivity contribution is -0.126. The van der Waals surface area contributed by atoms with E-state index in [0.717, 1.165) is 17.5 Å². The van der Waals surface area contributed by atoms with Crippen molar-refractivity contribution in [2.45, 2.75) is 18.9 Å². The minimum Gasteiger partial charge on any atom is -0.306 e. The van der Waals surface area contributed by atoms with Crippen LogP contribution in [0.2, 0.25) is 0 Å². The van der Waals surface area contributed by atoms with Crippen LogP contribution in [-0.2, 0) is 16.8 Å². The summed E-state index contributed by atoms with van der Waals surface area (Å²) in [4.78, 5) is 25.2. The monoisotopic (exact) mass is 216 g/mol. The van der Waals surface area contributed by atoms with Crippen molar-refractivity contribution in [3.8, 4) is 0 Å². The van der Waals surface area contributed by atoms with Crippen LogP contribution in [0.1, 0.15) is 18.1 Å². The zero-order valence-electron chi connectivity index (χ0n) is 8.99. The molecule has 16 heavy (non-hydrogen) atoms. The summed E-state index contributed by atoms with van der Waals surface area (Å²) in [5, 5.41) is 2.39. The van der Waals surface area contributed by atoms with Crippen LogP contribution in [0.4, 0.5) is 4.79 Å². The summed E-state index contributed by atoms with van der Waals surface area (Å²) in [6.45, 7) is 2.41. The number of nitrogens with one attached hydrogen (secondary N) is 1. The summed E-state index contributed by atoms with van der Waals surface area (Å²) in [7, 11) is 0. The number of imide groups is 1. The highest BCUT2D eigenvalue weighted by Gasteiger charge is 2.52. The van der Waals surface area contributed by atoms with Gasteiger partial charge in [-0.3, -0.25) is 10.1 Å². The molecule has 0 aromatic heterocycles. The molecular weight excluding hydrogens is 204 g/mol. The van der Waals surface area contributed by atoms with Crippen LogP contribution in [0.15, 0.2) is 24.3 Å². The highest BCUT2D eigenvalue weighted by Crippen LogP contribution is 2.38. The van der Waals surface area contributed by atoms with Crippen molar-refractivity contribution in [2.75, 3.05) is 6.54 Å². The number of rotatable bonds is 0. The van der Waals surface area contributed by atoms with Gasteiger partial charge in [-0.05, 0) is 24.5 Å². The standard InChI is InChI=1S/C12H12N2O2/c1-12-9-5-3-2-4-8(9)6-7-14(12)11(16)13-10(12)15/h2-5H,6-7H2,1H3,(H,13,15,16)/t12-/m1/s1. The van der Waals surface area contributed by atoms with Gasteiger partial charge in [0.25, 0.3) is 5.91 Å². The molecule has 1 N–H and O–H groups in total. The molecule has 2 aliphatic rings. The third kappa shape index (κ3) is 0.939. The second kappa shape index (κ2) is 2.84. The van der Waals surface area contributed by atoms with Gasteiger partial charge < -0.3 is 4.90 Å². The van der Waals surface area contributed by atoms with Crippen molar-refractivity contribution in [3.05, 3.63) is 35.4 Å². The summed E-state index contributed by atoms with van der Waals surface area (Å²) >= 11 is 0. The van der Waals surface area contributed by atoms with Gasteiger partial charge in [-0.2, -0.15) is 0 Å². The first-order chi connectivity index (χ1) is 7.64. The van der Waals surface area contributed by atoms with E-state index in [2.05, 4.69) is 5.32 Å². The van der Waals surface area contributed by atoms with E-state index in [1.54, 1.807) is 4.90 Å². The topological polar surface area (TPSA) is 49.4 Å². The maximum absolute atomic E-state index is 11.9. The molecule has 0 unspecified atom stereocenters. The van der Waals surface area contributed by atoms with E-state index in [1.807, 2.05) is 31.2 Å². The lowest BCUT2D eigenvalue weighted by Gasteiger charge is -2.37. The van der Waals surface area contributed by atoms with Crippen LogP contribution >= 0.6 is 0 Å². The zero-order chi connectivity index (χ0) is 11.3. The fourth-order valence-corrected chi connectivity index (χ4v) is 2.65. The highest BCUT2D eigenvalue weighted by atomic mass is 16.2. The van der Waals surface area contributed by atoms with E-state index in [1.165, 1.54) is 0 Å². The number of carbonyl (C=O) groups is 2. The molecule has 1 aromatic rings. The molecule has 0 bridgehead atoms. The van der Waals surface area contributed by atoms with Gasteiger partial charge in [-0.25, -0.2) is 4.79 Å². The van der Waals surface area contributed by atoms with Gasteiger partial charge in [-0.1, -0.05) is 24.3 Å². The van der Waals surface area contributed by atoms with Crippen LogP contribution in [0.5, 0.6) is 0 Å². The maximum atomic E-state index is 11.9. The van der Waals surface area contributed by atoms with Gasteiger partial charge in [-0.15, -0.1) is 0 Å². The Morgan fingerprint density at radius 1 is 1.31 bits per heavy atom. The van der Waals surface area contributed by atoms with Crippen LogP contribution in [0.3, 0.4) is 0 Å². The Bertz CT molecular complexity index is 498. The molecule has 2 aliphatic heterocycles. The minimum absolute atomic E-state index is 0.218. The Kier molecular flexibility index (Phi) is 1.67. The van der Waals surface area contributed by atoms with Gasteiger partial charge >= 0.3 is 6.03 Å². The van der Waals surface area contributed by atoms with E-state index < -0.39 is 5.54 Å².